The normalized spacial score (nSPS) is 10.6. The molecule has 1 aromatic heterocycles. The molecule has 3 aromatic carbocycles. The van der Waals surface area contributed by atoms with Gasteiger partial charge in [0.1, 0.15) is 0 Å². The summed E-state index contributed by atoms with van der Waals surface area (Å²) in [5.74, 6) is 0.0551. The van der Waals surface area contributed by atoms with Crippen molar-refractivity contribution in [1.29, 1.82) is 0 Å². The van der Waals surface area contributed by atoms with Crippen LogP contribution in [0.2, 0.25) is 0 Å². The van der Waals surface area contributed by atoms with E-state index >= 15 is 0 Å². The van der Waals surface area contributed by atoms with Crippen molar-refractivity contribution in [2.75, 3.05) is 16.4 Å². The Labute approximate surface area is 176 Å². The van der Waals surface area contributed by atoms with Gasteiger partial charge < -0.3 is 5.32 Å². The second-order valence-electron chi connectivity index (χ2n) is 6.17. The number of hydrogen-bond donors (Lipinski definition) is 2. The Hall–Kier alpha value is -3.16. The van der Waals surface area contributed by atoms with Gasteiger partial charge in [-0.2, -0.15) is 0 Å². The van der Waals surface area contributed by atoms with E-state index in [4.69, 9.17) is 0 Å². The topological polar surface area (TPSA) is 71.1 Å². The van der Waals surface area contributed by atoms with Crippen molar-refractivity contribution < 1.29 is 9.59 Å². The van der Waals surface area contributed by atoms with Crippen molar-refractivity contribution in [2.24, 2.45) is 0 Å². The number of carbonyl (C=O) groups excluding carboxylic acids is 2. The van der Waals surface area contributed by atoms with E-state index in [9.17, 15) is 9.59 Å². The second kappa shape index (κ2) is 8.89. The zero-order chi connectivity index (χ0) is 20.1. The molecule has 0 saturated carbocycles. The monoisotopic (exact) mass is 419 g/mol. The van der Waals surface area contributed by atoms with E-state index in [2.05, 4.69) is 15.6 Å². The van der Waals surface area contributed by atoms with Crippen molar-refractivity contribution in [3.05, 3.63) is 84.4 Å². The van der Waals surface area contributed by atoms with Crippen LogP contribution in [0.1, 0.15) is 10.4 Å². The van der Waals surface area contributed by atoms with Crippen LogP contribution >= 0.6 is 23.1 Å². The van der Waals surface area contributed by atoms with Gasteiger partial charge in [-0.25, -0.2) is 4.98 Å². The highest BCUT2D eigenvalue weighted by Crippen LogP contribution is 2.28. The van der Waals surface area contributed by atoms with Crippen LogP contribution in [0.25, 0.3) is 10.2 Å². The van der Waals surface area contributed by atoms with Gasteiger partial charge in [0, 0.05) is 16.1 Å². The minimum absolute atomic E-state index is 0.0777. The van der Waals surface area contributed by atoms with Crippen LogP contribution in [0, 0.1) is 0 Å². The Kier molecular flexibility index (Phi) is 5.88. The Morgan fingerprint density at radius 1 is 0.897 bits per heavy atom. The fourth-order valence-corrected chi connectivity index (χ4v) is 4.24. The van der Waals surface area contributed by atoms with Crippen LogP contribution in [0.4, 0.5) is 10.8 Å². The predicted octanol–water partition coefficient (Wildman–Crippen LogP) is 5.28. The summed E-state index contributed by atoms with van der Waals surface area (Å²) < 4.78 is 0.935. The van der Waals surface area contributed by atoms with Gasteiger partial charge in [-0.05, 0) is 42.5 Å². The van der Waals surface area contributed by atoms with E-state index < -0.39 is 0 Å². The number of nitrogens with zero attached hydrogens (tertiary/aromatic N) is 1. The van der Waals surface area contributed by atoms with Gasteiger partial charge in [-0.3, -0.25) is 14.9 Å². The molecule has 5 nitrogen and oxygen atoms in total. The number of fused-ring (bicyclic) bond motifs is 1. The molecule has 0 fully saturated rings. The van der Waals surface area contributed by atoms with E-state index in [-0.39, 0.29) is 11.8 Å². The highest BCUT2D eigenvalue weighted by molar-refractivity contribution is 8.00. The zero-order valence-electron chi connectivity index (χ0n) is 15.3. The first kappa shape index (κ1) is 19.2. The summed E-state index contributed by atoms with van der Waals surface area (Å²) in [6.45, 7) is 0. The first-order valence-corrected chi connectivity index (χ1v) is 10.7. The Morgan fingerprint density at radius 3 is 2.38 bits per heavy atom. The molecule has 0 spiro atoms. The highest BCUT2D eigenvalue weighted by Gasteiger charge is 2.11. The maximum Gasteiger partial charge on any atom is 0.257 e. The molecule has 0 aliphatic rings. The SMILES string of the molecule is O=C(CSc1ccccc1)Nc1ccc2sc(NC(=O)c3ccccc3)nc2c1. The highest BCUT2D eigenvalue weighted by atomic mass is 32.2. The fourth-order valence-electron chi connectivity index (χ4n) is 2.68. The summed E-state index contributed by atoms with van der Waals surface area (Å²) in [5.41, 5.74) is 1.99. The Bertz CT molecular complexity index is 1140. The third kappa shape index (κ3) is 5.01. The molecular formula is C22H17N3O2S2. The largest absolute Gasteiger partial charge is 0.325 e. The Morgan fingerprint density at radius 2 is 1.62 bits per heavy atom. The summed E-state index contributed by atoms with van der Waals surface area (Å²) in [5, 5.41) is 6.25. The quantitative estimate of drug-likeness (QED) is 0.417. The van der Waals surface area contributed by atoms with Crippen LogP contribution in [0.5, 0.6) is 0 Å². The van der Waals surface area contributed by atoms with Crippen LogP contribution in [-0.4, -0.2) is 22.6 Å². The minimum atomic E-state index is -0.198. The van der Waals surface area contributed by atoms with Crippen LogP contribution in [-0.2, 0) is 4.79 Å². The third-order valence-corrected chi connectivity index (χ3v) is 6.00. The van der Waals surface area contributed by atoms with E-state index in [1.165, 1.54) is 23.1 Å². The van der Waals surface area contributed by atoms with E-state index in [1.54, 1.807) is 12.1 Å². The van der Waals surface area contributed by atoms with Crippen LogP contribution in [0.3, 0.4) is 0 Å². The van der Waals surface area contributed by atoms with Crippen molar-refractivity contribution >= 4 is 55.9 Å². The minimum Gasteiger partial charge on any atom is -0.325 e. The summed E-state index contributed by atoms with van der Waals surface area (Å²) in [7, 11) is 0. The number of thiazole rings is 1. The fraction of sp³-hybridized carbons (Fsp3) is 0.0455. The third-order valence-electron chi connectivity index (χ3n) is 4.04. The molecule has 1 heterocycles. The van der Waals surface area contributed by atoms with Gasteiger partial charge in [-0.1, -0.05) is 47.7 Å². The second-order valence-corrected chi connectivity index (χ2v) is 8.25. The summed E-state index contributed by atoms with van der Waals surface area (Å²) >= 11 is 2.88. The molecular weight excluding hydrogens is 402 g/mol. The average molecular weight is 420 g/mol. The lowest BCUT2D eigenvalue weighted by Gasteiger charge is -2.05. The molecule has 0 bridgehead atoms. The van der Waals surface area contributed by atoms with Crippen molar-refractivity contribution in [1.82, 2.24) is 4.98 Å². The number of amides is 2. The first-order chi connectivity index (χ1) is 14.2. The van der Waals surface area contributed by atoms with Gasteiger partial charge in [0.05, 0.1) is 16.0 Å². The zero-order valence-corrected chi connectivity index (χ0v) is 16.9. The molecule has 0 radical (unpaired) electrons. The number of hydrogen-bond acceptors (Lipinski definition) is 5. The molecule has 144 valence electrons. The lowest BCUT2D eigenvalue weighted by atomic mass is 10.2. The maximum atomic E-state index is 12.3. The molecule has 0 unspecified atom stereocenters. The van der Waals surface area contributed by atoms with Crippen LogP contribution in [0.15, 0.2) is 83.8 Å². The number of rotatable bonds is 6. The molecule has 2 amide bonds. The van der Waals surface area contributed by atoms with Gasteiger partial charge in [0.2, 0.25) is 5.91 Å². The summed E-state index contributed by atoms with van der Waals surface area (Å²) in [4.78, 5) is 30.0. The number of carbonyl (C=O) groups is 2. The van der Waals surface area contributed by atoms with Gasteiger partial charge >= 0.3 is 0 Å². The summed E-state index contributed by atoms with van der Waals surface area (Å²) in [6, 6.07) is 24.4. The Balaban J connectivity index is 1.40. The van der Waals surface area contributed by atoms with Gasteiger partial charge in [0.25, 0.3) is 5.91 Å². The summed E-state index contributed by atoms with van der Waals surface area (Å²) in [6.07, 6.45) is 0. The molecule has 0 aliphatic carbocycles. The van der Waals surface area contributed by atoms with Gasteiger partial charge in [-0.15, -0.1) is 11.8 Å². The molecule has 29 heavy (non-hydrogen) atoms. The molecule has 0 aliphatic heterocycles. The molecule has 2 N–H and O–H groups in total. The smallest absolute Gasteiger partial charge is 0.257 e. The predicted molar refractivity (Wildman–Crippen MR) is 120 cm³/mol. The van der Waals surface area contributed by atoms with E-state index in [1.807, 2.05) is 66.7 Å². The number of benzene rings is 3. The number of thioether (sulfide) groups is 1. The van der Waals surface area contributed by atoms with Crippen molar-refractivity contribution in [3.8, 4) is 0 Å². The van der Waals surface area contributed by atoms with Crippen molar-refractivity contribution in [2.45, 2.75) is 4.90 Å². The average Bonchev–Trinajstić information content (AvgIpc) is 3.15. The lowest BCUT2D eigenvalue weighted by Crippen LogP contribution is -2.13. The maximum absolute atomic E-state index is 12.3. The molecule has 7 heteroatoms. The number of anilines is 2. The van der Waals surface area contributed by atoms with Crippen molar-refractivity contribution in [3.63, 3.8) is 0 Å². The number of aromatic nitrogens is 1. The van der Waals surface area contributed by atoms with E-state index in [0.29, 0.717) is 22.1 Å². The number of nitrogens with one attached hydrogen (secondary N) is 2. The van der Waals surface area contributed by atoms with Crippen LogP contribution < -0.4 is 10.6 Å². The molecule has 0 saturated heterocycles. The first-order valence-electron chi connectivity index (χ1n) is 8.92. The van der Waals surface area contributed by atoms with Gasteiger partial charge in [0.15, 0.2) is 5.13 Å². The lowest BCUT2D eigenvalue weighted by molar-refractivity contribution is -0.113. The molecule has 4 rings (SSSR count). The van der Waals surface area contributed by atoms with E-state index in [0.717, 1.165) is 15.1 Å². The standard InChI is InChI=1S/C22H17N3O2S2/c26-20(14-28-17-9-5-2-6-10-17)23-16-11-12-19-18(13-16)24-22(29-19)25-21(27)15-7-3-1-4-8-15/h1-13H,14H2,(H,23,26)(H,24,25,27). The molecule has 0 atom stereocenters. The molecule has 4 aromatic rings.